The number of nitrogens with two attached hydrogens (primary N) is 1. The van der Waals surface area contributed by atoms with Crippen molar-refractivity contribution in [3.8, 4) is 0 Å². The Balaban J connectivity index is 3.90. The van der Waals surface area contributed by atoms with E-state index in [-0.39, 0.29) is 19.4 Å². The van der Waals surface area contributed by atoms with E-state index in [9.17, 15) is 23.8 Å². The standard InChI is InChI=1S/C35H68NO10P/c1-3-5-6-7-8-9-10-11-12-13-14-15-16-17-18-19-20-21-22-23-24-25-27-34(38)46-31(28-43-33(37)26-4-2)29-44-47(41,42)45-30-32(36)35(39)40/h31-32H,3-30,36H2,1-2H3,(H,39,40)(H,41,42). The van der Waals surface area contributed by atoms with E-state index >= 15 is 0 Å². The first kappa shape index (κ1) is 45.5. The minimum absolute atomic E-state index is 0.166. The van der Waals surface area contributed by atoms with Gasteiger partial charge in [-0.15, -0.1) is 0 Å². The second kappa shape index (κ2) is 31.7. The summed E-state index contributed by atoms with van der Waals surface area (Å²) < 4.78 is 31.9. The maximum atomic E-state index is 12.4. The molecule has 0 spiro atoms. The normalized spacial score (nSPS) is 14.0. The third-order valence-electron chi connectivity index (χ3n) is 8.07. The van der Waals surface area contributed by atoms with Gasteiger partial charge in [0, 0.05) is 12.8 Å². The molecule has 0 amide bonds. The van der Waals surface area contributed by atoms with Crippen LogP contribution in [0.3, 0.4) is 0 Å². The van der Waals surface area contributed by atoms with Crippen LogP contribution in [0.15, 0.2) is 0 Å². The van der Waals surface area contributed by atoms with E-state index in [1.54, 1.807) is 0 Å². The molecule has 0 aliphatic heterocycles. The third kappa shape index (κ3) is 31.5. The van der Waals surface area contributed by atoms with Gasteiger partial charge in [0.2, 0.25) is 0 Å². The molecule has 0 saturated carbocycles. The molecule has 0 bridgehead atoms. The summed E-state index contributed by atoms with van der Waals surface area (Å²) in [6.07, 6.45) is 28.0. The van der Waals surface area contributed by atoms with Gasteiger partial charge in [-0.25, -0.2) is 4.57 Å². The van der Waals surface area contributed by atoms with Crippen molar-refractivity contribution < 1.29 is 47.5 Å². The van der Waals surface area contributed by atoms with E-state index in [0.29, 0.717) is 12.8 Å². The first-order chi connectivity index (χ1) is 22.6. The highest BCUT2D eigenvalue weighted by Crippen LogP contribution is 2.43. The lowest BCUT2D eigenvalue weighted by Crippen LogP contribution is -2.34. The molecule has 0 aliphatic rings. The van der Waals surface area contributed by atoms with Crippen molar-refractivity contribution in [2.45, 2.75) is 187 Å². The van der Waals surface area contributed by atoms with Crippen LogP contribution < -0.4 is 5.73 Å². The Kier molecular flexibility index (Phi) is 30.7. The number of rotatable bonds is 35. The molecule has 0 saturated heterocycles. The predicted octanol–water partition coefficient (Wildman–Crippen LogP) is 8.78. The first-order valence-electron chi connectivity index (χ1n) is 18.6. The number of unbranched alkanes of at least 4 members (excludes halogenated alkanes) is 21. The Morgan fingerprint density at radius 3 is 1.38 bits per heavy atom. The average Bonchev–Trinajstić information content (AvgIpc) is 3.03. The molecular formula is C35H68NO10P. The molecule has 0 aliphatic carbocycles. The van der Waals surface area contributed by atoms with Gasteiger partial charge in [0.25, 0.3) is 0 Å². The van der Waals surface area contributed by atoms with Gasteiger partial charge in [-0.1, -0.05) is 149 Å². The minimum Gasteiger partial charge on any atom is -0.480 e. The van der Waals surface area contributed by atoms with Gasteiger partial charge in [-0.05, 0) is 12.8 Å². The van der Waals surface area contributed by atoms with Crippen LogP contribution in [0, 0.1) is 0 Å². The van der Waals surface area contributed by atoms with Crippen molar-refractivity contribution in [1.82, 2.24) is 0 Å². The molecule has 0 radical (unpaired) electrons. The molecule has 278 valence electrons. The summed E-state index contributed by atoms with van der Waals surface area (Å²) in [5.74, 6) is -2.43. The molecule has 47 heavy (non-hydrogen) atoms. The number of carbonyl (C=O) groups excluding carboxylic acids is 2. The van der Waals surface area contributed by atoms with Crippen LogP contribution in [-0.4, -0.2) is 59.9 Å². The first-order valence-corrected chi connectivity index (χ1v) is 20.1. The fraction of sp³-hybridized carbons (Fsp3) is 0.914. The summed E-state index contributed by atoms with van der Waals surface area (Å²) in [7, 11) is -4.68. The maximum Gasteiger partial charge on any atom is 0.472 e. The number of phosphoric acid groups is 1. The van der Waals surface area contributed by atoms with Gasteiger partial charge in [0.05, 0.1) is 13.2 Å². The average molecular weight is 694 g/mol. The predicted molar refractivity (Wildman–Crippen MR) is 185 cm³/mol. The molecule has 0 aromatic rings. The molecule has 3 atom stereocenters. The third-order valence-corrected chi connectivity index (χ3v) is 9.03. The summed E-state index contributed by atoms with van der Waals surface area (Å²) in [4.78, 5) is 44.7. The fourth-order valence-electron chi connectivity index (χ4n) is 5.16. The fourth-order valence-corrected chi connectivity index (χ4v) is 5.94. The lowest BCUT2D eigenvalue weighted by Gasteiger charge is -2.20. The van der Waals surface area contributed by atoms with E-state index in [1.807, 2.05) is 6.92 Å². The maximum absolute atomic E-state index is 12.4. The smallest absolute Gasteiger partial charge is 0.472 e. The van der Waals surface area contributed by atoms with Crippen molar-refractivity contribution in [2.24, 2.45) is 5.73 Å². The van der Waals surface area contributed by atoms with Crippen molar-refractivity contribution in [3.63, 3.8) is 0 Å². The monoisotopic (exact) mass is 693 g/mol. The van der Waals surface area contributed by atoms with E-state index in [2.05, 4.69) is 11.4 Å². The molecule has 0 aromatic heterocycles. The van der Waals surface area contributed by atoms with E-state index in [0.717, 1.165) is 19.3 Å². The summed E-state index contributed by atoms with van der Waals surface area (Å²) in [5.41, 5.74) is 5.26. The Morgan fingerprint density at radius 1 is 0.574 bits per heavy atom. The second-order valence-corrected chi connectivity index (χ2v) is 14.2. The summed E-state index contributed by atoms with van der Waals surface area (Å²) in [5, 5.41) is 8.77. The number of carboxylic acids is 1. The van der Waals surface area contributed by atoms with Gasteiger partial charge in [0.15, 0.2) is 6.10 Å². The van der Waals surface area contributed by atoms with Crippen molar-refractivity contribution >= 4 is 25.7 Å². The van der Waals surface area contributed by atoms with Gasteiger partial charge >= 0.3 is 25.7 Å². The molecule has 12 heteroatoms. The molecule has 11 nitrogen and oxygen atoms in total. The zero-order chi connectivity index (χ0) is 35.0. The van der Waals surface area contributed by atoms with Gasteiger partial charge in [-0.3, -0.25) is 23.4 Å². The highest BCUT2D eigenvalue weighted by Gasteiger charge is 2.28. The number of carboxylic acid groups (broad SMARTS) is 1. The van der Waals surface area contributed by atoms with Gasteiger partial charge < -0.3 is 25.2 Å². The SMILES string of the molecule is CCCCCCCCCCCCCCCCCCCCCCCCC(=O)OC(COC(=O)CCC)COP(=O)(O)OCC(N)C(=O)O. The largest absolute Gasteiger partial charge is 0.480 e. The molecular weight excluding hydrogens is 625 g/mol. The Morgan fingerprint density at radius 2 is 0.979 bits per heavy atom. The molecule has 4 N–H and O–H groups in total. The number of aliphatic carboxylic acids is 1. The van der Waals surface area contributed by atoms with E-state index in [4.69, 9.17) is 24.8 Å². The number of phosphoric ester groups is 1. The Hall–Kier alpha value is -1.52. The van der Waals surface area contributed by atoms with Crippen LogP contribution in [0.25, 0.3) is 0 Å². The van der Waals surface area contributed by atoms with Gasteiger partial charge in [0.1, 0.15) is 12.6 Å². The quantitative estimate of drug-likeness (QED) is 0.0329. The van der Waals surface area contributed by atoms with Crippen LogP contribution in [0.1, 0.15) is 174 Å². The summed E-state index contributed by atoms with van der Waals surface area (Å²) in [6.45, 7) is 2.40. The van der Waals surface area contributed by atoms with E-state index < -0.39 is 51.1 Å². The molecule has 3 unspecified atom stereocenters. The van der Waals surface area contributed by atoms with Crippen LogP contribution in [0.5, 0.6) is 0 Å². The molecule has 0 fully saturated rings. The van der Waals surface area contributed by atoms with Crippen molar-refractivity contribution in [3.05, 3.63) is 0 Å². The van der Waals surface area contributed by atoms with E-state index in [1.165, 1.54) is 116 Å². The van der Waals surface area contributed by atoms with Crippen LogP contribution >= 0.6 is 7.82 Å². The summed E-state index contributed by atoms with van der Waals surface area (Å²) in [6, 6.07) is -1.51. The number of hydrogen-bond donors (Lipinski definition) is 3. The van der Waals surface area contributed by atoms with Gasteiger partial charge in [-0.2, -0.15) is 0 Å². The topological polar surface area (TPSA) is 172 Å². The number of esters is 2. The lowest BCUT2D eigenvalue weighted by atomic mass is 10.0. The van der Waals surface area contributed by atoms with Crippen LogP contribution in [0.2, 0.25) is 0 Å². The molecule has 0 aromatic carbocycles. The highest BCUT2D eigenvalue weighted by atomic mass is 31.2. The zero-order valence-corrected chi connectivity index (χ0v) is 30.5. The zero-order valence-electron chi connectivity index (χ0n) is 29.6. The highest BCUT2D eigenvalue weighted by molar-refractivity contribution is 7.47. The molecule has 0 heterocycles. The Labute approximate surface area is 285 Å². The van der Waals surface area contributed by atoms with Crippen LogP contribution in [-0.2, 0) is 37.5 Å². The number of carbonyl (C=O) groups is 3. The summed E-state index contributed by atoms with van der Waals surface area (Å²) >= 11 is 0. The minimum atomic E-state index is -4.68. The number of hydrogen-bond acceptors (Lipinski definition) is 9. The second-order valence-electron chi connectivity index (χ2n) is 12.7. The lowest BCUT2D eigenvalue weighted by molar-refractivity contribution is -0.161. The van der Waals surface area contributed by atoms with Crippen molar-refractivity contribution in [2.75, 3.05) is 19.8 Å². The van der Waals surface area contributed by atoms with Crippen LogP contribution in [0.4, 0.5) is 0 Å². The van der Waals surface area contributed by atoms with Crippen molar-refractivity contribution in [1.29, 1.82) is 0 Å². The Bertz CT molecular complexity index is 828. The number of ether oxygens (including phenoxy) is 2. The molecule has 0 rings (SSSR count).